The highest BCUT2D eigenvalue weighted by Gasteiger charge is 2.23. The number of halogens is 1. The summed E-state index contributed by atoms with van der Waals surface area (Å²) in [4.78, 5) is 13.2. The van der Waals surface area contributed by atoms with E-state index in [0.29, 0.717) is 0 Å². The maximum absolute atomic E-state index is 12.3. The minimum atomic E-state index is -1.76. The number of hydrogen-bond acceptors (Lipinski definition) is 3. The van der Waals surface area contributed by atoms with Crippen molar-refractivity contribution in [3.05, 3.63) is 0 Å². The average molecular weight is 148 g/mol. The molecule has 0 heterocycles. The summed E-state index contributed by atoms with van der Waals surface area (Å²) in [6.07, 6.45) is -3.51. The molecule has 2 atom stereocenters. The van der Waals surface area contributed by atoms with Crippen LogP contribution < -0.4 is 5.73 Å². The van der Waals surface area contributed by atoms with Gasteiger partial charge in [0, 0.05) is 6.54 Å². The fourth-order valence-electron chi connectivity index (χ4n) is 0.377. The number of nitrogens with zero attached hydrogens (tertiary/aromatic N) is 1. The van der Waals surface area contributed by atoms with Crippen LogP contribution in [0.5, 0.6) is 0 Å². The van der Waals surface area contributed by atoms with Gasteiger partial charge < -0.3 is 10.8 Å². The Hall–Kier alpha value is -0.810. The maximum atomic E-state index is 12.3. The molecule has 0 spiro atoms. The van der Waals surface area contributed by atoms with Crippen LogP contribution in [0.3, 0.4) is 0 Å². The lowest BCUT2D eigenvalue weighted by Gasteiger charge is -2.08. The number of amides is 1. The van der Waals surface area contributed by atoms with Crippen molar-refractivity contribution in [2.24, 2.45) is 10.7 Å². The number of nitrogens with two attached hydrogens (primary N) is 1. The van der Waals surface area contributed by atoms with E-state index in [9.17, 15) is 9.18 Å². The van der Waals surface area contributed by atoms with Gasteiger partial charge in [0.2, 0.25) is 0 Å². The molecule has 0 bridgehead atoms. The Morgan fingerprint density at radius 2 is 2.40 bits per heavy atom. The third-order valence-electron chi connectivity index (χ3n) is 0.977. The molecule has 0 aromatic rings. The molecule has 0 aliphatic heterocycles. The lowest BCUT2D eigenvalue weighted by atomic mass is 10.2. The Balaban J connectivity index is 3.93. The molecule has 58 valence electrons. The van der Waals surface area contributed by atoms with Gasteiger partial charge >= 0.3 is 0 Å². The summed E-state index contributed by atoms with van der Waals surface area (Å²) in [6, 6.07) is 0. The molecule has 0 aromatic heterocycles. The van der Waals surface area contributed by atoms with Crippen LogP contribution in [0.2, 0.25) is 0 Å². The summed E-state index contributed by atoms with van der Waals surface area (Å²) < 4.78 is 12.3. The molecule has 2 unspecified atom stereocenters. The second kappa shape index (κ2) is 4.08. The second-order valence-electron chi connectivity index (χ2n) is 1.69. The van der Waals surface area contributed by atoms with E-state index in [4.69, 9.17) is 10.8 Å². The monoisotopic (exact) mass is 148 g/mol. The van der Waals surface area contributed by atoms with Gasteiger partial charge in [-0.05, 0) is 6.72 Å². The van der Waals surface area contributed by atoms with Crippen molar-refractivity contribution in [1.82, 2.24) is 0 Å². The quantitative estimate of drug-likeness (QED) is 0.497. The maximum Gasteiger partial charge on any atom is 0.276 e. The Kier molecular flexibility index (Phi) is 3.75. The van der Waals surface area contributed by atoms with Gasteiger partial charge in [-0.25, -0.2) is 9.38 Å². The zero-order valence-electron chi connectivity index (χ0n) is 5.33. The fraction of sp³-hybridized carbons (Fsp3) is 0.600. The third kappa shape index (κ3) is 2.20. The number of carbonyl (C=O) groups excluding carboxylic acids is 1. The SMILES string of the molecule is C=NC(=O)C(O)C(F)CN. The number of aliphatic hydroxyl groups is 1. The molecule has 0 aliphatic carbocycles. The van der Waals surface area contributed by atoms with Crippen LogP contribution >= 0.6 is 0 Å². The van der Waals surface area contributed by atoms with Crippen molar-refractivity contribution >= 4 is 12.6 Å². The molecule has 4 nitrogen and oxygen atoms in total. The molecule has 10 heavy (non-hydrogen) atoms. The minimum absolute atomic E-state index is 0.400. The van der Waals surface area contributed by atoms with Gasteiger partial charge in [0.05, 0.1) is 0 Å². The molecule has 0 aromatic carbocycles. The van der Waals surface area contributed by atoms with Crippen molar-refractivity contribution < 1.29 is 14.3 Å². The molecular formula is C5H9FN2O2. The number of alkyl halides is 1. The Bertz CT molecular complexity index is 140. The van der Waals surface area contributed by atoms with Gasteiger partial charge in [0.15, 0.2) is 6.10 Å². The van der Waals surface area contributed by atoms with E-state index in [1.807, 2.05) is 0 Å². The summed E-state index contributed by atoms with van der Waals surface area (Å²) in [5.74, 6) is -0.988. The van der Waals surface area contributed by atoms with Gasteiger partial charge in [0.25, 0.3) is 5.91 Å². The van der Waals surface area contributed by atoms with Gasteiger partial charge in [-0.3, -0.25) is 4.79 Å². The largest absolute Gasteiger partial charge is 0.380 e. The van der Waals surface area contributed by atoms with Crippen LogP contribution in [0.4, 0.5) is 4.39 Å². The predicted molar refractivity (Wildman–Crippen MR) is 34.5 cm³/mol. The zero-order valence-corrected chi connectivity index (χ0v) is 5.33. The number of carbonyl (C=O) groups is 1. The second-order valence-corrected chi connectivity index (χ2v) is 1.69. The first-order valence-corrected chi connectivity index (χ1v) is 2.66. The van der Waals surface area contributed by atoms with E-state index < -0.39 is 24.7 Å². The molecule has 0 fully saturated rings. The lowest BCUT2D eigenvalue weighted by Crippen LogP contribution is -2.35. The first-order chi connectivity index (χ1) is 4.63. The summed E-state index contributed by atoms with van der Waals surface area (Å²) in [6.45, 7) is 2.43. The number of hydrogen-bond donors (Lipinski definition) is 2. The van der Waals surface area contributed by atoms with Crippen molar-refractivity contribution in [2.45, 2.75) is 12.3 Å². The summed E-state index contributed by atoms with van der Waals surface area (Å²) in [5, 5.41) is 8.65. The van der Waals surface area contributed by atoms with Crippen LogP contribution in [0.1, 0.15) is 0 Å². The van der Waals surface area contributed by atoms with Gasteiger partial charge in [-0.2, -0.15) is 0 Å². The number of aliphatic imine (C=N–C) groups is 1. The topological polar surface area (TPSA) is 75.7 Å². The highest BCUT2D eigenvalue weighted by atomic mass is 19.1. The molecule has 0 radical (unpaired) electrons. The van der Waals surface area contributed by atoms with Crippen LogP contribution in [-0.4, -0.2) is 36.6 Å². The Morgan fingerprint density at radius 3 is 2.70 bits per heavy atom. The first-order valence-electron chi connectivity index (χ1n) is 2.66. The molecule has 3 N–H and O–H groups in total. The number of rotatable bonds is 3. The Labute approximate surface area is 57.6 Å². The predicted octanol–water partition coefficient (Wildman–Crippen LogP) is -1.13. The van der Waals surface area contributed by atoms with Crippen LogP contribution in [0.25, 0.3) is 0 Å². The standard InChI is InChI=1S/C5H9FN2O2/c1-8-5(10)4(9)3(6)2-7/h3-4,9H,1-2,7H2. The minimum Gasteiger partial charge on any atom is -0.380 e. The first kappa shape index (κ1) is 9.19. The van der Waals surface area contributed by atoms with Crippen LogP contribution in [-0.2, 0) is 4.79 Å². The number of aliphatic hydroxyl groups excluding tert-OH is 1. The molecule has 5 heteroatoms. The summed E-state index contributed by atoms with van der Waals surface area (Å²) in [7, 11) is 0. The van der Waals surface area contributed by atoms with E-state index in [2.05, 4.69) is 11.7 Å². The molecular weight excluding hydrogens is 139 g/mol. The average Bonchev–Trinajstić information content (AvgIpc) is 2.00. The zero-order chi connectivity index (χ0) is 8.15. The Morgan fingerprint density at radius 1 is 1.90 bits per heavy atom. The fourth-order valence-corrected chi connectivity index (χ4v) is 0.377. The molecule has 0 rings (SSSR count). The normalized spacial score (nSPS) is 15.9. The van der Waals surface area contributed by atoms with E-state index >= 15 is 0 Å². The lowest BCUT2D eigenvalue weighted by molar-refractivity contribution is -0.128. The third-order valence-corrected chi connectivity index (χ3v) is 0.977. The van der Waals surface area contributed by atoms with Crippen molar-refractivity contribution in [3.8, 4) is 0 Å². The summed E-state index contributed by atoms with van der Waals surface area (Å²) in [5.41, 5.74) is 4.82. The highest BCUT2D eigenvalue weighted by molar-refractivity contribution is 5.85. The van der Waals surface area contributed by atoms with Gasteiger partial charge in [-0.15, -0.1) is 0 Å². The summed E-state index contributed by atoms with van der Waals surface area (Å²) >= 11 is 0. The van der Waals surface area contributed by atoms with Crippen LogP contribution in [0, 0.1) is 0 Å². The highest BCUT2D eigenvalue weighted by Crippen LogP contribution is 1.98. The van der Waals surface area contributed by atoms with Gasteiger partial charge in [-0.1, -0.05) is 0 Å². The molecule has 0 aliphatic rings. The van der Waals surface area contributed by atoms with Crippen molar-refractivity contribution in [2.75, 3.05) is 6.54 Å². The molecule has 0 saturated heterocycles. The molecule has 0 saturated carbocycles. The van der Waals surface area contributed by atoms with Crippen molar-refractivity contribution in [1.29, 1.82) is 0 Å². The molecule has 1 amide bonds. The van der Waals surface area contributed by atoms with E-state index in [-0.39, 0.29) is 0 Å². The van der Waals surface area contributed by atoms with E-state index in [0.717, 1.165) is 0 Å². The van der Waals surface area contributed by atoms with E-state index in [1.54, 1.807) is 0 Å². The van der Waals surface area contributed by atoms with Crippen LogP contribution in [0.15, 0.2) is 4.99 Å². The smallest absolute Gasteiger partial charge is 0.276 e. The van der Waals surface area contributed by atoms with E-state index in [1.165, 1.54) is 0 Å². The van der Waals surface area contributed by atoms with Crippen molar-refractivity contribution in [3.63, 3.8) is 0 Å². The van der Waals surface area contributed by atoms with Gasteiger partial charge in [0.1, 0.15) is 6.17 Å².